The van der Waals surface area contributed by atoms with Crippen molar-refractivity contribution in [1.82, 2.24) is 10.3 Å². The predicted octanol–water partition coefficient (Wildman–Crippen LogP) is 3.61. The molecule has 0 fully saturated rings. The summed E-state index contributed by atoms with van der Waals surface area (Å²) in [5.41, 5.74) is 4.04. The Morgan fingerprint density at radius 1 is 1.29 bits per heavy atom. The van der Waals surface area contributed by atoms with Gasteiger partial charge in [-0.2, -0.15) is 0 Å². The monoisotopic (exact) mass is 246 g/mol. The minimum absolute atomic E-state index is 0.359. The van der Waals surface area contributed by atoms with E-state index in [9.17, 15) is 0 Å². The van der Waals surface area contributed by atoms with E-state index in [4.69, 9.17) is 0 Å². The van der Waals surface area contributed by atoms with E-state index in [1.165, 1.54) is 16.7 Å². The Labute approximate surface area is 107 Å². The molecule has 1 N–H and O–H groups in total. The second kappa shape index (κ2) is 5.43. The highest BCUT2D eigenvalue weighted by atomic mass is 32.1. The van der Waals surface area contributed by atoms with Gasteiger partial charge in [0.2, 0.25) is 0 Å². The maximum Gasteiger partial charge on any atom is 0.106 e. The second-order valence-electron chi connectivity index (χ2n) is 4.37. The van der Waals surface area contributed by atoms with E-state index in [2.05, 4.69) is 49.3 Å². The van der Waals surface area contributed by atoms with Crippen LogP contribution in [0.3, 0.4) is 0 Å². The van der Waals surface area contributed by atoms with E-state index in [0.717, 1.165) is 11.6 Å². The molecule has 0 saturated heterocycles. The highest BCUT2D eigenvalue weighted by molar-refractivity contribution is 7.09. The lowest BCUT2D eigenvalue weighted by atomic mass is 10.0. The van der Waals surface area contributed by atoms with Gasteiger partial charge in [0.25, 0.3) is 0 Å². The number of aryl methyl sites for hydroxylation is 2. The molecule has 2 nitrogen and oxygen atoms in total. The first-order valence-corrected chi connectivity index (χ1v) is 6.73. The fourth-order valence-electron chi connectivity index (χ4n) is 1.73. The summed E-state index contributed by atoms with van der Waals surface area (Å²) in [4.78, 5) is 4.27. The number of nitrogens with zero attached hydrogens (tertiary/aromatic N) is 1. The first kappa shape index (κ1) is 12.3. The molecule has 1 heterocycles. The van der Waals surface area contributed by atoms with Crippen LogP contribution < -0.4 is 5.32 Å². The van der Waals surface area contributed by atoms with Gasteiger partial charge in [-0.3, -0.25) is 0 Å². The number of aromatic nitrogens is 1. The Hall–Kier alpha value is -1.19. The highest BCUT2D eigenvalue weighted by Gasteiger charge is 2.06. The van der Waals surface area contributed by atoms with Crippen molar-refractivity contribution in [1.29, 1.82) is 0 Å². The summed E-state index contributed by atoms with van der Waals surface area (Å²) in [6.45, 7) is 7.34. The Kier molecular flexibility index (Phi) is 3.92. The van der Waals surface area contributed by atoms with Gasteiger partial charge in [-0.25, -0.2) is 4.98 Å². The molecule has 3 heteroatoms. The lowest BCUT2D eigenvalue weighted by Gasteiger charge is -2.14. The number of hydrogen-bond donors (Lipinski definition) is 1. The van der Waals surface area contributed by atoms with Crippen LogP contribution in [0.25, 0.3) is 0 Å². The third-order valence-corrected chi connectivity index (χ3v) is 3.85. The lowest BCUT2D eigenvalue weighted by Crippen LogP contribution is -2.18. The Morgan fingerprint density at radius 3 is 2.76 bits per heavy atom. The molecule has 1 aromatic carbocycles. The molecule has 1 unspecified atom stereocenters. The van der Waals surface area contributed by atoms with Crippen molar-refractivity contribution in [2.45, 2.75) is 33.4 Å². The van der Waals surface area contributed by atoms with Gasteiger partial charge < -0.3 is 5.32 Å². The minimum atomic E-state index is 0.359. The van der Waals surface area contributed by atoms with Crippen molar-refractivity contribution >= 4 is 11.3 Å². The average Bonchev–Trinajstić information content (AvgIpc) is 2.82. The summed E-state index contributed by atoms with van der Waals surface area (Å²) in [5, 5.41) is 6.65. The first-order chi connectivity index (χ1) is 8.16. The van der Waals surface area contributed by atoms with Gasteiger partial charge in [0.15, 0.2) is 0 Å². The molecule has 0 radical (unpaired) electrons. The van der Waals surface area contributed by atoms with Gasteiger partial charge in [-0.05, 0) is 37.5 Å². The van der Waals surface area contributed by atoms with E-state index in [-0.39, 0.29) is 0 Å². The van der Waals surface area contributed by atoms with Crippen LogP contribution in [0.2, 0.25) is 0 Å². The molecule has 0 bridgehead atoms. The van der Waals surface area contributed by atoms with Crippen LogP contribution in [0.1, 0.15) is 34.7 Å². The van der Waals surface area contributed by atoms with Crippen molar-refractivity contribution in [3.05, 3.63) is 51.5 Å². The summed E-state index contributed by atoms with van der Waals surface area (Å²) < 4.78 is 0. The molecule has 0 amide bonds. The van der Waals surface area contributed by atoms with Crippen LogP contribution >= 0.6 is 11.3 Å². The number of thiazole rings is 1. The standard InChI is InChI=1S/C14H18N2S/c1-10-4-5-13(8-11(10)2)12(3)16-9-14-15-6-7-17-14/h4-8,12,16H,9H2,1-3H3. The van der Waals surface area contributed by atoms with Crippen molar-refractivity contribution in [3.8, 4) is 0 Å². The van der Waals surface area contributed by atoms with Crippen LogP contribution in [-0.4, -0.2) is 4.98 Å². The molecular formula is C14H18N2S. The Morgan fingerprint density at radius 2 is 2.12 bits per heavy atom. The first-order valence-electron chi connectivity index (χ1n) is 5.85. The van der Waals surface area contributed by atoms with E-state index in [1.807, 2.05) is 11.6 Å². The molecule has 1 aromatic heterocycles. The Balaban J connectivity index is 1.99. The zero-order valence-corrected chi connectivity index (χ0v) is 11.3. The molecular weight excluding hydrogens is 228 g/mol. The van der Waals surface area contributed by atoms with Crippen molar-refractivity contribution in [3.63, 3.8) is 0 Å². The Bertz CT molecular complexity index is 477. The lowest BCUT2D eigenvalue weighted by molar-refractivity contribution is 0.573. The fourth-order valence-corrected chi connectivity index (χ4v) is 2.30. The number of rotatable bonds is 4. The summed E-state index contributed by atoms with van der Waals surface area (Å²) in [7, 11) is 0. The quantitative estimate of drug-likeness (QED) is 0.891. The largest absolute Gasteiger partial charge is 0.304 e. The molecule has 2 rings (SSSR count). The molecule has 0 saturated carbocycles. The maximum atomic E-state index is 4.27. The zero-order valence-electron chi connectivity index (χ0n) is 10.5. The van der Waals surface area contributed by atoms with Crippen LogP contribution in [0, 0.1) is 13.8 Å². The van der Waals surface area contributed by atoms with Gasteiger partial charge in [0, 0.05) is 24.2 Å². The highest BCUT2D eigenvalue weighted by Crippen LogP contribution is 2.17. The molecule has 0 aliphatic carbocycles. The van der Waals surface area contributed by atoms with Crippen LogP contribution in [0.4, 0.5) is 0 Å². The van der Waals surface area contributed by atoms with Crippen molar-refractivity contribution in [2.24, 2.45) is 0 Å². The molecule has 2 aromatic rings. The molecule has 1 atom stereocenters. The van der Waals surface area contributed by atoms with E-state index < -0.39 is 0 Å². The molecule has 90 valence electrons. The number of nitrogens with one attached hydrogen (secondary N) is 1. The van der Waals surface area contributed by atoms with Gasteiger partial charge in [-0.15, -0.1) is 11.3 Å². The topological polar surface area (TPSA) is 24.9 Å². The van der Waals surface area contributed by atoms with E-state index >= 15 is 0 Å². The summed E-state index contributed by atoms with van der Waals surface area (Å²) in [6, 6.07) is 7.00. The average molecular weight is 246 g/mol. The normalized spacial score (nSPS) is 12.6. The van der Waals surface area contributed by atoms with Crippen molar-refractivity contribution in [2.75, 3.05) is 0 Å². The van der Waals surface area contributed by atoms with Crippen LogP contribution in [-0.2, 0) is 6.54 Å². The van der Waals surface area contributed by atoms with Crippen LogP contribution in [0.5, 0.6) is 0 Å². The summed E-state index contributed by atoms with van der Waals surface area (Å²) >= 11 is 1.69. The minimum Gasteiger partial charge on any atom is -0.304 e. The van der Waals surface area contributed by atoms with Gasteiger partial charge in [0.05, 0.1) is 0 Å². The number of hydrogen-bond acceptors (Lipinski definition) is 3. The van der Waals surface area contributed by atoms with Gasteiger partial charge in [0.1, 0.15) is 5.01 Å². The van der Waals surface area contributed by atoms with Crippen molar-refractivity contribution < 1.29 is 0 Å². The molecule has 0 spiro atoms. The molecule has 0 aliphatic heterocycles. The molecule has 17 heavy (non-hydrogen) atoms. The summed E-state index contributed by atoms with van der Waals surface area (Å²) in [6.07, 6.45) is 1.85. The third-order valence-electron chi connectivity index (χ3n) is 3.07. The third kappa shape index (κ3) is 3.14. The van der Waals surface area contributed by atoms with Gasteiger partial charge >= 0.3 is 0 Å². The van der Waals surface area contributed by atoms with Gasteiger partial charge in [-0.1, -0.05) is 18.2 Å². The van der Waals surface area contributed by atoms with Crippen LogP contribution in [0.15, 0.2) is 29.8 Å². The predicted molar refractivity (Wildman–Crippen MR) is 73.3 cm³/mol. The fraction of sp³-hybridized carbons (Fsp3) is 0.357. The summed E-state index contributed by atoms with van der Waals surface area (Å²) in [5.74, 6) is 0. The SMILES string of the molecule is Cc1ccc(C(C)NCc2nccs2)cc1C. The number of benzene rings is 1. The zero-order chi connectivity index (χ0) is 12.3. The maximum absolute atomic E-state index is 4.27. The smallest absolute Gasteiger partial charge is 0.106 e. The molecule has 0 aliphatic rings. The second-order valence-corrected chi connectivity index (χ2v) is 5.35. The van der Waals surface area contributed by atoms with E-state index in [1.54, 1.807) is 11.3 Å². The van der Waals surface area contributed by atoms with E-state index in [0.29, 0.717) is 6.04 Å².